The molecule has 0 amide bonds. The van der Waals surface area contributed by atoms with Gasteiger partial charge in [-0.05, 0) is 142 Å². The van der Waals surface area contributed by atoms with E-state index in [1.165, 1.54) is 127 Å². The van der Waals surface area contributed by atoms with Gasteiger partial charge in [-0.25, -0.2) is 0 Å². The maximum absolute atomic E-state index is 2.70. The number of piperidine rings is 2. The summed E-state index contributed by atoms with van der Waals surface area (Å²) in [7, 11) is 0. The summed E-state index contributed by atoms with van der Waals surface area (Å²) in [6, 6.07) is 14.7. The van der Waals surface area contributed by atoms with Gasteiger partial charge >= 0.3 is 0 Å². The molecule has 2 aromatic carbocycles. The van der Waals surface area contributed by atoms with E-state index < -0.39 is 0 Å². The lowest BCUT2D eigenvalue weighted by atomic mass is 9.96. The summed E-state index contributed by atoms with van der Waals surface area (Å²) in [6.45, 7) is 12.8. The average molecular weight is 501 g/mol. The predicted octanol–water partition coefficient (Wildman–Crippen LogP) is 8.15. The lowest BCUT2D eigenvalue weighted by Gasteiger charge is -2.29. The number of benzene rings is 2. The highest BCUT2D eigenvalue weighted by Crippen LogP contribution is 2.38. The molecule has 2 heteroatoms. The largest absolute Gasteiger partial charge is 0.303 e. The summed E-state index contributed by atoms with van der Waals surface area (Å²) in [5.74, 6) is 1.64. The third-order valence-corrected chi connectivity index (χ3v) is 9.37. The molecule has 0 bridgehead atoms. The molecule has 202 valence electrons. The van der Waals surface area contributed by atoms with E-state index in [1.807, 2.05) is 0 Å². The van der Waals surface area contributed by atoms with E-state index in [-0.39, 0.29) is 0 Å². The van der Waals surface area contributed by atoms with Crippen molar-refractivity contribution in [1.29, 1.82) is 0 Å². The zero-order valence-electron chi connectivity index (χ0n) is 23.9. The van der Waals surface area contributed by atoms with Crippen molar-refractivity contribution < 1.29 is 0 Å². The molecule has 2 atom stereocenters. The van der Waals surface area contributed by atoms with Crippen molar-refractivity contribution >= 4 is 0 Å². The molecule has 2 unspecified atom stereocenters. The fourth-order valence-electron chi connectivity index (χ4n) is 7.29. The molecule has 2 saturated heterocycles. The Morgan fingerprint density at radius 2 is 1.03 bits per heavy atom. The number of hydrogen-bond donors (Lipinski definition) is 0. The van der Waals surface area contributed by atoms with Crippen LogP contribution in [0.1, 0.15) is 100 Å². The van der Waals surface area contributed by atoms with Crippen LogP contribution in [0.5, 0.6) is 0 Å². The van der Waals surface area contributed by atoms with E-state index in [1.54, 1.807) is 22.3 Å². The molecule has 2 aromatic rings. The standard InChI is InChI=1S/C35H52N2/c1-28(26-36-19-5-3-6-20-36)11-9-13-30-15-17-34-32(23-30)25-33-24-31(16-18-35(33)34)14-10-12-29(2)27-37-21-7-4-8-22-37/h15-18,23-24,28-29H,3-14,19-22,25-27H2,1-2H3. The van der Waals surface area contributed by atoms with Gasteiger partial charge in [0.2, 0.25) is 0 Å². The molecule has 0 aromatic heterocycles. The molecular weight excluding hydrogens is 448 g/mol. The minimum atomic E-state index is 0.822. The summed E-state index contributed by atoms with van der Waals surface area (Å²) in [5.41, 5.74) is 9.17. The molecule has 37 heavy (non-hydrogen) atoms. The molecule has 2 nitrogen and oxygen atoms in total. The van der Waals surface area contributed by atoms with Crippen LogP contribution >= 0.6 is 0 Å². The first-order chi connectivity index (χ1) is 18.1. The first-order valence-electron chi connectivity index (χ1n) is 15.8. The number of nitrogens with zero attached hydrogens (tertiary/aromatic N) is 2. The summed E-state index contributed by atoms with van der Waals surface area (Å²) < 4.78 is 0. The molecule has 0 N–H and O–H groups in total. The van der Waals surface area contributed by atoms with Crippen LogP contribution in [0.15, 0.2) is 36.4 Å². The number of fused-ring (bicyclic) bond motifs is 3. The van der Waals surface area contributed by atoms with Crippen molar-refractivity contribution in [3.8, 4) is 11.1 Å². The molecule has 0 radical (unpaired) electrons. The number of likely N-dealkylation sites (tertiary alicyclic amines) is 2. The Morgan fingerprint density at radius 3 is 1.46 bits per heavy atom. The molecule has 2 fully saturated rings. The summed E-state index contributed by atoms with van der Waals surface area (Å²) in [4.78, 5) is 5.40. The third kappa shape index (κ3) is 7.70. The minimum Gasteiger partial charge on any atom is -0.303 e. The molecule has 5 rings (SSSR count). The summed E-state index contributed by atoms with van der Waals surface area (Å²) in [6.07, 6.45) is 17.4. The maximum Gasteiger partial charge on any atom is 0.000702 e. The monoisotopic (exact) mass is 500 g/mol. The minimum absolute atomic E-state index is 0.822. The summed E-state index contributed by atoms with van der Waals surface area (Å²) >= 11 is 0. The van der Waals surface area contributed by atoms with Crippen LogP contribution in [0.25, 0.3) is 11.1 Å². The third-order valence-electron chi connectivity index (χ3n) is 9.37. The van der Waals surface area contributed by atoms with Crippen molar-refractivity contribution in [2.75, 3.05) is 39.3 Å². The Morgan fingerprint density at radius 1 is 0.595 bits per heavy atom. The van der Waals surface area contributed by atoms with Gasteiger partial charge in [-0.2, -0.15) is 0 Å². The number of hydrogen-bond acceptors (Lipinski definition) is 2. The highest BCUT2D eigenvalue weighted by Gasteiger charge is 2.20. The van der Waals surface area contributed by atoms with Crippen LogP contribution in [0.3, 0.4) is 0 Å². The second-order valence-electron chi connectivity index (χ2n) is 12.9. The van der Waals surface area contributed by atoms with Gasteiger partial charge in [0.1, 0.15) is 0 Å². The van der Waals surface area contributed by atoms with Crippen LogP contribution < -0.4 is 0 Å². The van der Waals surface area contributed by atoms with Gasteiger partial charge < -0.3 is 9.80 Å². The quantitative estimate of drug-likeness (QED) is 0.247. The van der Waals surface area contributed by atoms with E-state index in [2.05, 4.69) is 60.0 Å². The zero-order chi connectivity index (χ0) is 25.5. The van der Waals surface area contributed by atoms with Gasteiger partial charge in [0, 0.05) is 13.1 Å². The van der Waals surface area contributed by atoms with Crippen molar-refractivity contribution in [2.24, 2.45) is 11.8 Å². The highest BCUT2D eigenvalue weighted by atomic mass is 15.1. The Balaban J connectivity index is 1.06. The second-order valence-corrected chi connectivity index (χ2v) is 12.9. The molecule has 1 aliphatic carbocycles. The topological polar surface area (TPSA) is 6.48 Å². The van der Waals surface area contributed by atoms with Crippen molar-refractivity contribution in [3.63, 3.8) is 0 Å². The van der Waals surface area contributed by atoms with Crippen LogP contribution in [-0.2, 0) is 19.3 Å². The van der Waals surface area contributed by atoms with Crippen molar-refractivity contribution in [2.45, 2.75) is 97.3 Å². The van der Waals surface area contributed by atoms with Crippen molar-refractivity contribution in [1.82, 2.24) is 9.80 Å². The maximum atomic E-state index is 2.70. The molecule has 0 spiro atoms. The number of rotatable bonds is 12. The normalized spacial score (nSPS) is 19.9. The zero-order valence-corrected chi connectivity index (χ0v) is 23.9. The van der Waals surface area contributed by atoms with Crippen LogP contribution in [0.4, 0.5) is 0 Å². The van der Waals surface area contributed by atoms with Gasteiger partial charge in [-0.15, -0.1) is 0 Å². The van der Waals surface area contributed by atoms with E-state index in [4.69, 9.17) is 0 Å². The highest BCUT2D eigenvalue weighted by molar-refractivity contribution is 5.77. The Labute approximate surface area is 227 Å². The Bertz CT molecular complexity index is 903. The fraction of sp³-hybridized carbons (Fsp3) is 0.657. The van der Waals surface area contributed by atoms with E-state index >= 15 is 0 Å². The van der Waals surface area contributed by atoms with Gasteiger partial charge in [-0.1, -0.05) is 63.1 Å². The molecule has 0 saturated carbocycles. The van der Waals surface area contributed by atoms with Gasteiger partial charge in [0.05, 0.1) is 0 Å². The molecule has 2 heterocycles. The van der Waals surface area contributed by atoms with Crippen LogP contribution in [0, 0.1) is 11.8 Å². The number of aryl methyl sites for hydroxylation is 2. The van der Waals surface area contributed by atoms with Gasteiger partial charge in [0.15, 0.2) is 0 Å². The molecular formula is C35H52N2. The van der Waals surface area contributed by atoms with Gasteiger partial charge in [0.25, 0.3) is 0 Å². The van der Waals surface area contributed by atoms with Gasteiger partial charge in [-0.3, -0.25) is 0 Å². The Hall–Kier alpha value is -1.64. The SMILES string of the molecule is CC(CCCc1ccc2c(c1)Cc1cc(CCCC(C)CN3CCCCC3)ccc1-2)CN1CCCCC1. The van der Waals surface area contributed by atoms with E-state index in [0.717, 1.165) is 18.3 Å². The van der Waals surface area contributed by atoms with E-state index in [9.17, 15) is 0 Å². The second kappa shape index (κ2) is 13.4. The molecule has 2 aliphatic heterocycles. The summed E-state index contributed by atoms with van der Waals surface area (Å²) in [5, 5.41) is 0. The Kier molecular flexibility index (Phi) is 9.78. The molecule has 3 aliphatic rings. The fourth-order valence-corrected chi connectivity index (χ4v) is 7.29. The predicted molar refractivity (Wildman–Crippen MR) is 159 cm³/mol. The smallest absolute Gasteiger partial charge is 0.000702 e. The lowest BCUT2D eigenvalue weighted by molar-refractivity contribution is 0.196. The first-order valence-corrected chi connectivity index (χ1v) is 15.8. The van der Waals surface area contributed by atoms with Crippen molar-refractivity contribution in [3.05, 3.63) is 58.7 Å². The van der Waals surface area contributed by atoms with Crippen LogP contribution in [-0.4, -0.2) is 49.1 Å². The average Bonchev–Trinajstić information content (AvgIpc) is 3.27. The lowest BCUT2D eigenvalue weighted by Crippen LogP contribution is -2.33. The van der Waals surface area contributed by atoms with Crippen LogP contribution in [0.2, 0.25) is 0 Å². The van der Waals surface area contributed by atoms with E-state index in [0.29, 0.717) is 0 Å². The first kappa shape index (κ1) is 26.9.